The van der Waals surface area contributed by atoms with Gasteiger partial charge >= 0.3 is 5.97 Å². The molecule has 18 heavy (non-hydrogen) atoms. The van der Waals surface area contributed by atoms with Gasteiger partial charge in [-0.15, -0.1) is 0 Å². The van der Waals surface area contributed by atoms with Crippen molar-refractivity contribution in [3.63, 3.8) is 0 Å². The quantitative estimate of drug-likeness (QED) is 0.758. The van der Waals surface area contributed by atoms with Crippen molar-refractivity contribution in [2.24, 2.45) is 0 Å². The molecule has 1 aromatic heterocycles. The number of hydrogen-bond acceptors (Lipinski definition) is 3. The smallest absolute Gasteiger partial charge is 0.326 e. The van der Waals surface area contributed by atoms with Crippen LogP contribution in [0.4, 0.5) is 0 Å². The molecule has 0 aromatic carbocycles. The zero-order chi connectivity index (χ0) is 13.5. The van der Waals surface area contributed by atoms with Gasteiger partial charge in [-0.1, -0.05) is 6.92 Å². The average Bonchev–Trinajstić information content (AvgIpc) is 2.72. The standard InChI is InChI=1S/C14H24N2O2/c1-5-8-15-12(4)13-7-6-9-16(13)10-14(17)18-11(2)3/h6-7,9,11-12,15H,5,8,10H2,1-4H3. The van der Waals surface area contributed by atoms with E-state index in [1.54, 1.807) is 0 Å². The number of nitrogens with zero attached hydrogens (tertiary/aromatic N) is 1. The number of esters is 1. The van der Waals surface area contributed by atoms with Crippen molar-refractivity contribution in [1.29, 1.82) is 0 Å². The molecule has 4 nitrogen and oxygen atoms in total. The number of nitrogens with one attached hydrogen (secondary N) is 1. The van der Waals surface area contributed by atoms with Crippen LogP contribution in [0.3, 0.4) is 0 Å². The second-order valence-electron chi connectivity index (χ2n) is 4.78. The van der Waals surface area contributed by atoms with Crippen LogP contribution in [0.25, 0.3) is 0 Å². The molecule has 0 aliphatic heterocycles. The van der Waals surface area contributed by atoms with Crippen molar-refractivity contribution >= 4 is 5.97 Å². The Bertz CT molecular complexity index is 372. The molecule has 0 aliphatic rings. The highest BCUT2D eigenvalue weighted by molar-refractivity contribution is 5.69. The van der Waals surface area contributed by atoms with Crippen molar-refractivity contribution in [3.8, 4) is 0 Å². The third-order valence-electron chi connectivity index (χ3n) is 2.68. The van der Waals surface area contributed by atoms with Gasteiger partial charge in [0.2, 0.25) is 0 Å². The molecule has 1 heterocycles. The van der Waals surface area contributed by atoms with Crippen LogP contribution in [0.15, 0.2) is 18.3 Å². The SMILES string of the molecule is CCCNC(C)c1cccn1CC(=O)OC(C)C. The lowest BCUT2D eigenvalue weighted by Crippen LogP contribution is -2.24. The van der Waals surface area contributed by atoms with Crippen LogP contribution in [0.5, 0.6) is 0 Å². The predicted octanol–water partition coefficient (Wildman–Crippen LogP) is 2.50. The highest BCUT2D eigenvalue weighted by Gasteiger charge is 2.13. The maximum Gasteiger partial charge on any atom is 0.326 e. The van der Waals surface area contributed by atoms with Gasteiger partial charge < -0.3 is 14.6 Å². The maximum atomic E-state index is 11.6. The Balaban J connectivity index is 2.61. The molecular weight excluding hydrogens is 228 g/mol. The summed E-state index contributed by atoms with van der Waals surface area (Å²) in [5.74, 6) is -0.190. The van der Waals surface area contributed by atoms with E-state index >= 15 is 0 Å². The lowest BCUT2D eigenvalue weighted by molar-refractivity contribution is -0.148. The topological polar surface area (TPSA) is 43.3 Å². The van der Waals surface area contributed by atoms with Crippen molar-refractivity contribution < 1.29 is 9.53 Å². The van der Waals surface area contributed by atoms with Crippen molar-refractivity contribution in [3.05, 3.63) is 24.0 Å². The zero-order valence-electron chi connectivity index (χ0n) is 11.8. The Morgan fingerprint density at radius 3 is 2.78 bits per heavy atom. The van der Waals surface area contributed by atoms with Crippen molar-refractivity contribution in [2.75, 3.05) is 6.54 Å². The van der Waals surface area contributed by atoms with E-state index in [-0.39, 0.29) is 24.7 Å². The average molecular weight is 252 g/mol. The fourth-order valence-electron chi connectivity index (χ4n) is 1.87. The number of ether oxygens (including phenoxy) is 1. The Morgan fingerprint density at radius 2 is 2.17 bits per heavy atom. The second kappa shape index (κ2) is 7.21. The third kappa shape index (κ3) is 4.53. The summed E-state index contributed by atoms with van der Waals surface area (Å²) < 4.78 is 7.10. The Labute approximate surface area is 109 Å². The summed E-state index contributed by atoms with van der Waals surface area (Å²) in [6.07, 6.45) is 2.95. The molecule has 0 radical (unpaired) electrons. The van der Waals surface area contributed by atoms with Gasteiger partial charge in [0.05, 0.1) is 6.10 Å². The summed E-state index contributed by atoms with van der Waals surface area (Å²) >= 11 is 0. The van der Waals surface area contributed by atoms with Gasteiger partial charge in [0.15, 0.2) is 0 Å². The first kappa shape index (κ1) is 14.8. The number of aromatic nitrogens is 1. The molecule has 0 bridgehead atoms. The lowest BCUT2D eigenvalue weighted by Gasteiger charge is -2.17. The van der Waals surface area contributed by atoms with E-state index in [0.29, 0.717) is 0 Å². The van der Waals surface area contributed by atoms with Crippen molar-refractivity contribution in [1.82, 2.24) is 9.88 Å². The summed E-state index contributed by atoms with van der Waals surface area (Å²) in [6.45, 7) is 9.22. The van der Waals surface area contributed by atoms with Crippen molar-refractivity contribution in [2.45, 2.75) is 52.8 Å². The van der Waals surface area contributed by atoms with Crippen LogP contribution in [0.2, 0.25) is 0 Å². The summed E-state index contributed by atoms with van der Waals surface area (Å²) in [5, 5.41) is 3.42. The molecule has 0 aliphatic carbocycles. The molecule has 1 N–H and O–H groups in total. The summed E-state index contributed by atoms with van der Waals surface area (Å²) in [6, 6.07) is 4.24. The first-order valence-electron chi connectivity index (χ1n) is 6.62. The normalized spacial score (nSPS) is 12.7. The Morgan fingerprint density at radius 1 is 1.44 bits per heavy atom. The minimum absolute atomic E-state index is 0.0628. The van der Waals surface area contributed by atoms with Gasteiger partial charge in [0, 0.05) is 17.9 Å². The molecule has 0 fully saturated rings. The molecule has 102 valence electrons. The Hall–Kier alpha value is -1.29. The molecule has 0 saturated heterocycles. The number of rotatable bonds is 7. The van der Waals surface area contributed by atoms with Crippen LogP contribution in [-0.4, -0.2) is 23.2 Å². The molecule has 1 aromatic rings. The third-order valence-corrected chi connectivity index (χ3v) is 2.68. The van der Waals surface area contributed by atoms with E-state index < -0.39 is 0 Å². The monoisotopic (exact) mass is 252 g/mol. The number of hydrogen-bond donors (Lipinski definition) is 1. The van der Waals surface area contributed by atoms with E-state index in [4.69, 9.17) is 4.74 Å². The first-order chi connectivity index (χ1) is 8.54. The predicted molar refractivity (Wildman–Crippen MR) is 72.4 cm³/mol. The summed E-state index contributed by atoms with van der Waals surface area (Å²) in [7, 11) is 0. The molecule has 1 rings (SSSR count). The highest BCUT2D eigenvalue weighted by atomic mass is 16.5. The van der Waals surface area contributed by atoms with Gasteiger partial charge in [-0.05, 0) is 45.9 Å². The van der Waals surface area contributed by atoms with Gasteiger partial charge in [0.25, 0.3) is 0 Å². The summed E-state index contributed by atoms with van der Waals surface area (Å²) in [4.78, 5) is 11.6. The molecule has 0 spiro atoms. The first-order valence-corrected chi connectivity index (χ1v) is 6.62. The summed E-state index contributed by atoms with van der Waals surface area (Å²) in [5.41, 5.74) is 1.11. The van der Waals surface area contributed by atoms with E-state index in [9.17, 15) is 4.79 Å². The molecule has 0 amide bonds. The van der Waals surface area contributed by atoms with Crippen LogP contribution in [0, 0.1) is 0 Å². The van der Waals surface area contributed by atoms with Gasteiger partial charge in [-0.2, -0.15) is 0 Å². The lowest BCUT2D eigenvalue weighted by atomic mass is 10.2. The van der Waals surface area contributed by atoms with Crippen LogP contribution < -0.4 is 5.32 Å². The maximum absolute atomic E-state index is 11.6. The molecule has 4 heteroatoms. The fraction of sp³-hybridized carbons (Fsp3) is 0.643. The fourth-order valence-corrected chi connectivity index (χ4v) is 1.87. The van der Waals surface area contributed by atoms with E-state index in [1.165, 1.54) is 0 Å². The van der Waals surface area contributed by atoms with Gasteiger partial charge in [0.1, 0.15) is 6.54 Å². The second-order valence-corrected chi connectivity index (χ2v) is 4.78. The Kier molecular flexibility index (Phi) is 5.92. The highest BCUT2D eigenvalue weighted by Crippen LogP contribution is 2.13. The van der Waals surface area contributed by atoms with Crippen LogP contribution in [0.1, 0.15) is 45.9 Å². The van der Waals surface area contributed by atoms with Gasteiger partial charge in [-0.3, -0.25) is 4.79 Å². The van der Waals surface area contributed by atoms with E-state index in [0.717, 1.165) is 18.7 Å². The molecular formula is C14H24N2O2. The minimum atomic E-state index is -0.190. The number of carbonyl (C=O) groups excluding carboxylic acids is 1. The molecule has 0 saturated carbocycles. The molecule has 1 unspecified atom stereocenters. The largest absolute Gasteiger partial charge is 0.462 e. The van der Waals surface area contributed by atoms with Crippen LogP contribution >= 0.6 is 0 Å². The van der Waals surface area contributed by atoms with Crippen LogP contribution in [-0.2, 0) is 16.1 Å². The number of carbonyl (C=O) groups is 1. The van der Waals surface area contributed by atoms with E-state index in [2.05, 4.69) is 19.2 Å². The van der Waals surface area contributed by atoms with Gasteiger partial charge in [-0.25, -0.2) is 0 Å². The molecule has 1 atom stereocenters. The van der Waals surface area contributed by atoms with E-state index in [1.807, 2.05) is 36.7 Å². The minimum Gasteiger partial charge on any atom is -0.462 e. The zero-order valence-corrected chi connectivity index (χ0v) is 11.8.